The Morgan fingerprint density at radius 1 is 1.24 bits per heavy atom. The van der Waals surface area contributed by atoms with Crippen LogP contribution in [0.25, 0.3) is 0 Å². The molecule has 98 valence electrons. The third-order valence-electron chi connectivity index (χ3n) is 3.50. The second kappa shape index (κ2) is 9.47. The number of hydrogen-bond acceptors (Lipinski definition) is 1. The zero-order valence-electron chi connectivity index (χ0n) is 11.7. The predicted molar refractivity (Wildman–Crippen MR) is 77.3 cm³/mol. The van der Waals surface area contributed by atoms with E-state index in [9.17, 15) is 0 Å². The van der Waals surface area contributed by atoms with Crippen molar-refractivity contribution in [3.63, 3.8) is 0 Å². The Labute approximate surface area is 107 Å². The van der Waals surface area contributed by atoms with Crippen LogP contribution in [0.5, 0.6) is 0 Å². The normalized spacial score (nSPS) is 21.5. The van der Waals surface area contributed by atoms with Gasteiger partial charge in [0, 0.05) is 0 Å². The largest absolute Gasteiger partial charge is 0.316 e. The van der Waals surface area contributed by atoms with Crippen molar-refractivity contribution in [3.8, 4) is 0 Å². The third kappa shape index (κ3) is 6.68. The Morgan fingerprint density at radius 3 is 2.88 bits per heavy atom. The van der Waals surface area contributed by atoms with Crippen LogP contribution in [0.3, 0.4) is 0 Å². The fraction of sp³-hybridized carbons (Fsp3) is 0.750. The Bertz CT molecular complexity index is 250. The quantitative estimate of drug-likeness (QED) is 0.663. The first kappa shape index (κ1) is 14.5. The monoisotopic (exact) mass is 235 g/mol. The third-order valence-corrected chi connectivity index (χ3v) is 3.50. The van der Waals surface area contributed by atoms with Crippen molar-refractivity contribution in [1.29, 1.82) is 0 Å². The van der Waals surface area contributed by atoms with E-state index in [2.05, 4.69) is 31.3 Å². The first-order valence-corrected chi connectivity index (χ1v) is 7.41. The average Bonchev–Trinajstić information content (AvgIpc) is 2.28. The van der Waals surface area contributed by atoms with E-state index in [0.29, 0.717) is 0 Å². The maximum Gasteiger partial charge on any atom is -0.00141 e. The van der Waals surface area contributed by atoms with Gasteiger partial charge in [0.1, 0.15) is 0 Å². The summed E-state index contributed by atoms with van der Waals surface area (Å²) in [6.45, 7) is 6.77. The topological polar surface area (TPSA) is 12.0 Å². The summed E-state index contributed by atoms with van der Waals surface area (Å²) >= 11 is 0. The minimum atomic E-state index is 1.12. The lowest BCUT2D eigenvalue weighted by molar-refractivity contribution is 0.626. The van der Waals surface area contributed by atoms with Gasteiger partial charge in [-0.3, -0.25) is 0 Å². The van der Waals surface area contributed by atoms with Crippen molar-refractivity contribution in [2.75, 3.05) is 13.1 Å². The molecule has 0 saturated carbocycles. The highest BCUT2D eigenvalue weighted by atomic mass is 14.8. The lowest BCUT2D eigenvalue weighted by atomic mass is 9.95. The second-order valence-electron chi connectivity index (χ2n) is 5.11. The first-order valence-electron chi connectivity index (χ1n) is 7.41. The number of hydrogen-bond donors (Lipinski definition) is 1. The molecule has 0 heterocycles. The SMILES string of the molecule is CCCNCC/C=C(C)\C1=C/CCCCCC1. The van der Waals surface area contributed by atoms with Gasteiger partial charge < -0.3 is 5.32 Å². The Balaban J connectivity index is 2.32. The van der Waals surface area contributed by atoms with Gasteiger partial charge in [-0.1, -0.05) is 37.5 Å². The van der Waals surface area contributed by atoms with Crippen LogP contribution in [0.1, 0.15) is 65.2 Å². The molecule has 1 aliphatic carbocycles. The summed E-state index contributed by atoms with van der Waals surface area (Å²) in [7, 11) is 0. The van der Waals surface area contributed by atoms with Crippen LogP contribution in [-0.4, -0.2) is 13.1 Å². The summed E-state index contributed by atoms with van der Waals surface area (Å²) in [4.78, 5) is 0. The maximum absolute atomic E-state index is 3.45. The summed E-state index contributed by atoms with van der Waals surface area (Å²) in [5.74, 6) is 0. The van der Waals surface area contributed by atoms with Gasteiger partial charge in [0.05, 0.1) is 0 Å². The average molecular weight is 235 g/mol. The molecule has 0 atom stereocenters. The zero-order chi connectivity index (χ0) is 12.3. The van der Waals surface area contributed by atoms with Crippen LogP contribution in [0.4, 0.5) is 0 Å². The molecular formula is C16H29N. The molecule has 1 heteroatoms. The van der Waals surface area contributed by atoms with E-state index in [0.717, 1.165) is 13.1 Å². The Hall–Kier alpha value is -0.560. The minimum Gasteiger partial charge on any atom is -0.316 e. The van der Waals surface area contributed by atoms with Crippen LogP contribution in [-0.2, 0) is 0 Å². The molecular weight excluding hydrogens is 206 g/mol. The minimum absolute atomic E-state index is 1.12. The molecule has 0 spiro atoms. The van der Waals surface area contributed by atoms with Crippen LogP contribution in [0.2, 0.25) is 0 Å². The van der Waals surface area contributed by atoms with E-state index >= 15 is 0 Å². The summed E-state index contributed by atoms with van der Waals surface area (Å²) in [5, 5.41) is 3.45. The van der Waals surface area contributed by atoms with Crippen molar-refractivity contribution < 1.29 is 0 Å². The van der Waals surface area contributed by atoms with Crippen molar-refractivity contribution in [2.24, 2.45) is 0 Å². The lowest BCUT2D eigenvalue weighted by Gasteiger charge is -2.12. The molecule has 0 unspecified atom stereocenters. The van der Waals surface area contributed by atoms with Crippen LogP contribution in [0.15, 0.2) is 23.3 Å². The standard InChI is InChI=1S/C16H29N/c1-3-13-17-14-9-10-15(2)16-11-7-5-4-6-8-12-16/h10-11,17H,3-9,12-14H2,1-2H3/b15-10-,16-11-. The van der Waals surface area contributed by atoms with Gasteiger partial charge in [0.2, 0.25) is 0 Å². The van der Waals surface area contributed by atoms with Crippen molar-refractivity contribution >= 4 is 0 Å². The highest BCUT2D eigenvalue weighted by molar-refractivity contribution is 5.29. The highest BCUT2D eigenvalue weighted by Crippen LogP contribution is 2.22. The zero-order valence-corrected chi connectivity index (χ0v) is 11.7. The molecule has 0 aromatic carbocycles. The van der Waals surface area contributed by atoms with E-state index in [1.807, 2.05) is 0 Å². The number of nitrogens with one attached hydrogen (secondary N) is 1. The Kier molecular flexibility index (Phi) is 8.08. The Morgan fingerprint density at radius 2 is 2.06 bits per heavy atom. The van der Waals surface area contributed by atoms with Gasteiger partial charge in [0.25, 0.3) is 0 Å². The van der Waals surface area contributed by atoms with Crippen molar-refractivity contribution in [1.82, 2.24) is 5.32 Å². The van der Waals surface area contributed by atoms with Crippen molar-refractivity contribution in [2.45, 2.75) is 65.2 Å². The van der Waals surface area contributed by atoms with Crippen LogP contribution in [0, 0.1) is 0 Å². The van der Waals surface area contributed by atoms with E-state index < -0.39 is 0 Å². The van der Waals surface area contributed by atoms with Crippen LogP contribution < -0.4 is 5.32 Å². The molecule has 0 radical (unpaired) electrons. The summed E-state index contributed by atoms with van der Waals surface area (Å²) in [5.41, 5.74) is 3.13. The first-order chi connectivity index (χ1) is 8.34. The second-order valence-corrected chi connectivity index (χ2v) is 5.11. The van der Waals surface area contributed by atoms with E-state index in [1.54, 1.807) is 5.57 Å². The van der Waals surface area contributed by atoms with Gasteiger partial charge >= 0.3 is 0 Å². The number of rotatable bonds is 6. The molecule has 0 aromatic rings. The van der Waals surface area contributed by atoms with Gasteiger partial charge in [-0.15, -0.1) is 0 Å². The van der Waals surface area contributed by atoms with E-state index in [-0.39, 0.29) is 0 Å². The number of allylic oxidation sites excluding steroid dienone is 3. The van der Waals surface area contributed by atoms with E-state index in [1.165, 1.54) is 56.9 Å². The maximum atomic E-state index is 3.45. The summed E-state index contributed by atoms with van der Waals surface area (Å²) in [6, 6.07) is 0. The predicted octanol–water partition coefficient (Wildman–Crippen LogP) is 4.60. The van der Waals surface area contributed by atoms with Gasteiger partial charge in [-0.25, -0.2) is 0 Å². The summed E-state index contributed by atoms with van der Waals surface area (Å²) in [6.07, 6.45) is 15.5. The fourth-order valence-electron chi connectivity index (χ4n) is 2.37. The molecule has 0 saturated heterocycles. The highest BCUT2D eigenvalue weighted by Gasteiger charge is 2.03. The van der Waals surface area contributed by atoms with Gasteiger partial charge in [-0.05, 0) is 64.1 Å². The molecule has 0 fully saturated rings. The molecule has 1 nitrogen and oxygen atoms in total. The molecule has 0 aliphatic heterocycles. The fourth-order valence-corrected chi connectivity index (χ4v) is 2.37. The molecule has 0 bridgehead atoms. The summed E-state index contributed by atoms with van der Waals surface area (Å²) < 4.78 is 0. The van der Waals surface area contributed by atoms with Crippen LogP contribution >= 0.6 is 0 Å². The molecule has 1 aliphatic rings. The van der Waals surface area contributed by atoms with Gasteiger partial charge in [-0.2, -0.15) is 0 Å². The van der Waals surface area contributed by atoms with E-state index in [4.69, 9.17) is 0 Å². The molecule has 1 rings (SSSR count). The molecule has 17 heavy (non-hydrogen) atoms. The smallest absolute Gasteiger partial charge is 0.00141 e. The van der Waals surface area contributed by atoms with Gasteiger partial charge in [0.15, 0.2) is 0 Å². The molecule has 1 N–H and O–H groups in total. The van der Waals surface area contributed by atoms with Crippen molar-refractivity contribution in [3.05, 3.63) is 23.3 Å². The lowest BCUT2D eigenvalue weighted by Crippen LogP contribution is -2.15. The molecule has 0 amide bonds. The molecule has 0 aromatic heterocycles.